The van der Waals surface area contributed by atoms with Crippen molar-refractivity contribution in [2.75, 3.05) is 0 Å². The van der Waals surface area contributed by atoms with Gasteiger partial charge in [-0.15, -0.1) is 0 Å². The van der Waals surface area contributed by atoms with Gasteiger partial charge in [-0.05, 0) is 6.07 Å². The van der Waals surface area contributed by atoms with E-state index in [2.05, 4.69) is 10.1 Å². The van der Waals surface area contributed by atoms with E-state index in [9.17, 15) is 4.39 Å². The summed E-state index contributed by atoms with van der Waals surface area (Å²) in [6.45, 7) is 1.64. The summed E-state index contributed by atoms with van der Waals surface area (Å²) in [6.07, 6.45) is 0. The molecule has 1 aromatic carbocycles. The Morgan fingerprint density at radius 3 is 2.88 bits per heavy atom. The van der Waals surface area contributed by atoms with Gasteiger partial charge in [-0.3, -0.25) is 0 Å². The van der Waals surface area contributed by atoms with Gasteiger partial charge in [0, 0.05) is 12.5 Å². The predicted octanol–water partition coefficient (Wildman–Crippen LogP) is 2.22. The minimum absolute atomic E-state index is 0.0215. The Hall–Kier alpha value is -1.46. The maximum Gasteiger partial charge on any atom is 0.223 e. The van der Waals surface area contributed by atoms with Crippen molar-refractivity contribution in [1.29, 1.82) is 0 Å². The van der Waals surface area contributed by atoms with Gasteiger partial charge in [0.25, 0.3) is 0 Å². The first kappa shape index (κ1) is 11.0. The molecule has 0 spiro atoms. The average molecular weight is 242 g/mol. The van der Waals surface area contributed by atoms with E-state index in [1.54, 1.807) is 13.0 Å². The van der Waals surface area contributed by atoms with Gasteiger partial charge in [-0.25, -0.2) is 4.39 Å². The van der Waals surface area contributed by atoms with E-state index in [1.807, 2.05) is 0 Å². The second-order valence-corrected chi connectivity index (χ2v) is 3.70. The zero-order valence-corrected chi connectivity index (χ0v) is 9.20. The molecule has 0 aliphatic heterocycles. The molecule has 2 rings (SSSR count). The number of nitrogens with two attached hydrogens (primary N) is 1. The molecule has 0 aliphatic carbocycles. The first-order valence-corrected chi connectivity index (χ1v) is 4.97. The zero-order chi connectivity index (χ0) is 11.7. The fourth-order valence-corrected chi connectivity index (χ4v) is 1.52. The summed E-state index contributed by atoms with van der Waals surface area (Å²) < 4.78 is 18.4. The van der Waals surface area contributed by atoms with Crippen LogP contribution < -0.4 is 5.73 Å². The van der Waals surface area contributed by atoms with Gasteiger partial charge < -0.3 is 10.3 Å². The van der Waals surface area contributed by atoms with E-state index >= 15 is 0 Å². The number of hydrogen-bond donors (Lipinski definition) is 1. The van der Waals surface area contributed by atoms with Gasteiger partial charge in [0.2, 0.25) is 5.89 Å². The number of benzene rings is 1. The second kappa shape index (κ2) is 4.19. The fourth-order valence-electron chi connectivity index (χ4n) is 1.34. The summed E-state index contributed by atoms with van der Waals surface area (Å²) in [6, 6.07) is 3.83. The Bertz CT molecular complexity index is 515. The molecule has 1 atom stereocenters. The molecule has 0 amide bonds. The van der Waals surface area contributed by atoms with Crippen molar-refractivity contribution in [2.24, 2.45) is 5.73 Å². The number of aryl methyl sites for hydroxylation is 1. The summed E-state index contributed by atoms with van der Waals surface area (Å²) in [7, 11) is 0. The van der Waals surface area contributed by atoms with Gasteiger partial charge in [0.05, 0.1) is 11.1 Å². The van der Waals surface area contributed by atoms with Crippen LogP contribution in [0, 0.1) is 12.7 Å². The average Bonchev–Trinajstić information content (AvgIpc) is 2.68. The smallest absolute Gasteiger partial charge is 0.223 e. The van der Waals surface area contributed by atoms with Crippen molar-refractivity contribution in [1.82, 2.24) is 10.1 Å². The topological polar surface area (TPSA) is 64.9 Å². The van der Waals surface area contributed by atoms with Crippen LogP contribution in [0.15, 0.2) is 22.7 Å². The first-order chi connectivity index (χ1) is 7.59. The summed E-state index contributed by atoms with van der Waals surface area (Å²) in [5.74, 6) is 0.0608. The van der Waals surface area contributed by atoms with Crippen LogP contribution in [-0.4, -0.2) is 10.1 Å². The summed E-state index contributed by atoms with van der Waals surface area (Å²) >= 11 is 5.66. The highest BCUT2D eigenvalue weighted by Crippen LogP contribution is 2.24. The van der Waals surface area contributed by atoms with Crippen molar-refractivity contribution >= 4 is 11.6 Å². The van der Waals surface area contributed by atoms with Gasteiger partial charge in [-0.1, -0.05) is 28.9 Å². The third-order valence-corrected chi connectivity index (χ3v) is 2.43. The summed E-state index contributed by atoms with van der Waals surface area (Å²) in [5, 5.41) is 3.66. The number of nitrogens with zero attached hydrogens (tertiary/aromatic N) is 2. The van der Waals surface area contributed by atoms with Gasteiger partial charge in [0.1, 0.15) is 5.82 Å². The van der Waals surface area contributed by atoms with Gasteiger partial charge in [-0.2, -0.15) is 4.98 Å². The lowest BCUT2D eigenvalue weighted by Gasteiger charge is -2.09. The molecule has 2 aromatic rings. The van der Waals surface area contributed by atoms with E-state index in [4.69, 9.17) is 21.9 Å². The molecule has 0 bridgehead atoms. The molecule has 1 aromatic heterocycles. The Balaban J connectivity index is 2.41. The lowest BCUT2D eigenvalue weighted by atomic mass is 10.1. The van der Waals surface area contributed by atoms with Crippen LogP contribution >= 0.6 is 11.6 Å². The van der Waals surface area contributed by atoms with Crippen molar-refractivity contribution in [2.45, 2.75) is 13.0 Å². The predicted molar refractivity (Wildman–Crippen MR) is 56.5 cm³/mol. The van der Waals surface area contributed by atoms with E-state index in [1.165, 1.54) is 12.1 Å². The van der Waals surface area contributed by atoms with Gasteiger partial charge in [0.15, 0.2) is 5.82 Å². The number of aromatic nitrogens is 2. The minimum atomic E-state index is -0.781. The molecule has 2 N–H and O–H groups in total. The molecule has 0 radical (unpaired) electrons. The normalized spacial score (nSPS) is 12.8. The van der Waals surface area contributed by atoms with Crippen molar-refractivity contribution in [3.8, 4) is 0 Å². The van der Waals surface area contributed by atoms with Crippen LogP contribution in [-0.2, 0) is 0 Å². The number of rotatable bonds is 2. The lowest BCUT2D eigenvalue weighted by Crippen LogP contribution is -2.15. The number of hydrogen-bond acceptors (Lipinski definition) is 4. The maximum atomic E-state index is 13.6. The number of halogens is 2. The van der Waals surface area contributed by atoms with Crippen molar-refractivity contribution < 1.29 is 8.91 Å². The fraction of sp³-hybridized carbons (Fsp3) is 0.200. The molecule has 0 aliphatic rings. The van der Waals surface area contributed by atoms with Crippen LogP contribution in [0.25, 0.3) is 0 Å². The Labute approximate surface area is 96.2 Å². The Kier molecular flexibility index (Phi) is 2.89. The third kappa shape index (κ3) is 1.91. The molecule has 0 fully saturated rings. The summed E-state index contributed by atoms with van der Waals surface area (Å²) in [5.41, 5.74) is 6.06. The summed E-state index contributed by atoms with van der Waals surface area (Å²) in [4.78, 5) is 3.95. The maximum absolute atomic E-state index is 13.6. The molecular formula is C10H9ClFN3O. The third-order valence-electron chi connectivity index (χ3n) is 2.14. The molecule has 0 saturated carbocycles. The largest absolute Gasteiger partial charge is 0.340 e. The van der Waals surface area contributed by atoms with Gasteiger partial charge >= 0.3 is 0 Å². The van der Waals surface area contributed by atoms with Crippen LogP contribution in [0.4, 0.5) is 4.39 Å². The second-order valence-electron chi connectivity index (χ2n) is 3.29. The van der Waals surface area contributed by atoms with Crippen LogP contribution in [0.1, 0.15) is 23.3 Å². The monoisotopic (exact) mass is 241 g/mol. The molecule has 16 heavy (non-hydrogen) atoms. The molecule has 1 heterocycles. The van der Waals surface area contributed by atoms with E-state index in [0.29, 0.717) is 5.89 Å². The molecule has 4 nitrogen and oxygen atoms in total. The molecule has 84 valence electrons. The van der Waals surface area contributed by atoms with Crippen LogP contribution in [0.5, 0.6) is 0 Å². The quantitative estimate of drug-likeness (QED) is 0.876. The van der Waals surface area contributed by atoms with E-state index < -0.39 is 11.9 Å². The molecule has 0 saturated heterocycles. The molecule has 1 unspecified atom stereocenters. The van der Waals surface area contributed by atoms with E-state index in [-0.39, 0.29) is 16.4 Å². The lowest BCUT2D eigenvalue weighted by molar-refractivity contribution is 0.385. The standard InChI is InChI=1S/C10H9ClFN3O/c1-5-14-10(15-16-5)9(13)6-3-2-4-7(11)8(6)12/h2-4,9H,13H2,1H3. The molecular weight excluding hydrogens is 233 g/mol. The first-order valence-electron chi connectivity index (χ1n) is 4.59. The SMILES string of the molecule is Cc1nc(C(N)c2cccc(Cl)c2F)no1. The zero-order valence-electron chi connectivity index (χ0n) is 8.45. The van der Waals surface area contributed by atoms with Crippen LogP contribution in [0.3, 0.4) is 0 Å². The van der Waals surface area contributed by atoms with Crippen molar-refractivity contribution in [3.05, 3.63) is 46.3 Å². The Morgan fingerprint density at radius 2 is 2.25 bits per heavy atom. The Morgan fingerprint density at radius 1 is 1.50 bits per heavy atom. The van der Waals surface area contributed by atoms with E-state index in [0.717, 1.165) is 0 Å². The van der Waals surface area contributed by atoms with Crippen molar-refractivity contribution in [3.63, 3.8) is 0 Å². The molecule has 6 heteroatoms. The minimum Gasteiger partial charge on any atom is -0.340 e. The highest BCUT2D eigenvalue weighted by Gasteiger charge is 2.19. The highest BCUT2D eigenvalue weighted by molar-refractivity contribution is 6.30. The van der Waals surface area contributed by atoms with Crippen LogP contribution in [0.2, 0.25) is 5.02 Å². The highest BCUT2D eigenvalue weighted by atomic mass is 35.5.